The van der Waals surface area contributed by atoms with Crippen molar-refractivity contribution >= 4 is 23.3 Å². The molecule has 5 nitrogen and oxygen atoms in total. The number of nitrogens with one attached hydrogen (secondary N) is 2. The summed E-state index contributed by atoms with van der Waals surface area (Å²) in [4.78, 5) is 34.9. The van der Waals surface area contributed by atoms with Gasteiger partial charge in [-0.05, 0) is 55.5 Å². The standard InChI is InChI=1S/C18H15F3N2O3/c1-11(24)12-4-8-15(9-5-12)23-16(25)10-22-17(26)13-2-6-14(7-3-13)18(19,20)21/h2-9H,10H2,1H3,(H,22,26)(H,23,25). The van der Waals surface area contributed by atoms with Crippen LogP contribution in [0.1, 0.15) is 33.2 Å². The summed E-state index contributed by atoms with van der Waals surface area (Å²) in [6.07, 6.45) is -4.48. The molecule has 0 heterocycles. The van der Waals surface area contributed by atoms with Crippen LogP contribution >= 0.6 is 0 Å². The molecule has 2 amide bonds. The van der Waals surface area contributed by atoms with Crippen molar-refractivity contribution in [1.29, 1.82) is 0 Å². The third kappa shape index (κ3) is 5.17. The van der Waals surface area contributed by atoms with Crippen molar-refractivity contribution in [2.45, 2.75) is 13.1 Å². The average Bonchev–Trinajstić information content (AvgIpc) is 2.59. The number of carbonyl (C=O) groups is 3. The van der Waals surface area contributed by atoms with Gasteiger partial charge in [-0.2, -0.15) is 13.2 Å². The van der Waals surface area contributed by atoms with Crippen LogP contribution in [0, 0.1) is 0 Å². The molecule has 26 heavy (non-hydrogen) atoms. The van der Waals surface area contributed by atoms with E-state index in [0.717, 1.165) is 24.3 Å². The van der Waals surface area contributed by atoms with Gasteiger partial charge in [0, 0.05) is 16.8 Å². The molecule has 0 unspecified atom stereocenters. The van der Waals surface area contributed by atoms with E-state index in [1.807, 2.05) is 0 Å². The fraction of sp³-hybridized carbons (Fsp3) is 0.167. The van der Waals surface area contributed by atoms with E-state index in [2.05, 4.69) is 10.6 Å². The molecule has 0 saturated heterocycles. The maximum Gasteiger partial charge on any atom is 0.416 e. The van der Waals surface area contributed by atoms with E-state index in [4.69, 9.17) is 0 Å². The fourth-order valence-electron chi connectivity index (χ4n) is 2.07. The first-order chi connectivity index (χ1) is 12.2. The van der Waals surface area contributed by atoms with Crippen LogP contribution < -0.4 is 10.6 Å². The van der Waals surface area contributed by atoms with Crippen LogP contribution in [0.25, 0.3) is 0 Å². The van der Waals surface area contributed by atoms with Crippen LogP contribution in [-0.4, -0.2) is 24.1 Å². The molecule has 2 aromatic rings. The first-order valence-corrected chi connectivity index (χ1v) is 7.53. The summed E-state index contributed by atoms with van der Waals surface area (Å²) in [5.41, 5.74) is 0.0970. The molecule has 0 bridgehead atoms. The summed E-state index contributed by atoms with van der Waals surface area (Å²) in [7, 11) is 0. The van der Waals surface area contributed by atoms with Gasteiger partial charge < -0.3 is 10.6 Å². The number of hydrogen-bond donors (Lipinski definition) is 2. The Hall–Kier alpha value is -3.16. The molecule has 2 N–H and O–H groups in total. The molecule has 0 aliphatic rings. The summed E-state index contributed by atoms with van der Waals surface area (Å²) >= 11 is 0. The number of anilines is 1. The monoisotopic (exact) mass is 364 g/mol. The van der Waals surface area contributed by atoms with E-state index in [1.54, 1.807) is 24.3 Å². The van der Waals surface area contributed by atoms with E-state index in [-0.39, 0.29) is 17.9 Å². The average molecular weight is 364 g/mol. The van der Waals surface area contributed by atoms with Gasteiger partial charge in [0.15, 0.2) is 5.78 Å². The van der Waals surface area contributed by atoms with Crippen molar-refractivity contribution < 1.29 is 27.6 Å². The highest BCUT2D eigenvalue weighted by atomic mass is 19.4. The molecule has 0 radical (unpaired) electrons. The van der Waals surface area contributed by atoms with Crippen LogP contribution in [0.5, 0.6) is 0 Å². The smallest absolute Gasteiger partial charge is 0.343 e. The third-order valence-corrected chi connectivity index (χ3v) is 3.46. The number of ketones is 1. The number of benzene rings is 2. The molecule has 2 aromatic carbocycles. The Morgan fingerprint density at radius 2 is 1.42 bits per heavy atom. The predicted octanol–water partition coefficient (Wildman–Crippen LogP) is 3.28. The Morgan fingerprint density at radius 3 is 1.92 bits per heavy atom. The van der Waals surface area contributed by atoms with Gasteiger partial charge >= 0.3 is 6.18 Å². The van der Waals surface area contributed by atoms with Gasteiger partial charge in [-0.15, -0.1) is 0 Å². The van der Waals surface area contributed by atoms with Crippen LogP contribution in [-0.2, 0) is 11.0 Å². The summed E-state index contributed by atoms with van der Waals surface area (Å²) in [5.74, 6) is -1.28. The van der Waals surface area contributed by atoms with E-state index >= 15 is 0 Å². The molecular weight excluding hydrogens is 349 g/mol. The summed E-state index contributed by atoms with van der Waals surface area (Å²) < 4.78 is 37.4. The van der Waals surface area contributed by atoms with Crippen LogP contribution in [0.4, 0.5) is 18.9 Å². The number of amides is 2. The topological polar surface area (TPSA) is 75.3 Å². The minimum atomic E-state index is -4.48. The Morgan fingerprint density at radius 1 is 0.885 bits per heavy atom. The van der Waals surface area contributed by atoms with E-state index in [1.165, 1.54) is 6.92 Å². The molecule has 0 saturated carbocycles. The Balaban J connectivity index is 1.88. The molecule has 0 atom stereocenters. The maximum absolute atomic E-state index is 12.5. The van der Waals surface area contributed by atoms with Crippen molar-refractivity contribution in [3.8, 4) is 0 Å². The SMILES string of the molecule is CC(=O)c1ccc(NC(=O)CNC(=O)c2ccc(C(F)(F)F)cc2)cc1. The van der Waals surface area contributed by atoms with E-state index < -0.39 is 23.6 Å². The number of carbonyl (C=O) groups excluding carboxylic acids is 3. The number of halogens is 3. The van der Waals surface area contributed by atoms with Gasteiger partial charge in [0.05, 0.1) is 12.1 Å². The molecule has 0 aliphatic carbocycles. The van der Waals surface area contributed by atoms with Gasteiger partial charge in [-0.3, -0.25) is 14.4 Å². The van der Waals surface area contributed by atoms with Gasteiger partial charge in [0.1, 0.15) is 0 Å². The van der Waals surface area contributed by atoms with E-state index in [0.29, 0.717) is 11.3 Å². The second kappa shape index (κ2) is 7.81. The summed E-state index contributed by atoms with van der Waals surface area (Å²) in [5, 5.41) is 4.85. The Bertz CT molecular complexity index is 813. The first kappa shape index (κ1) is 19.2. The lowest BCUT2D eigenvalue weighted by Crippen LogP contribution is -2.32. The first-order valence-electron chi connectivity index (χ1n) is 7.53. The predicted molar refractivity (Wildman–Crippen MR) is 88.9 cm³/mol. The molecule has 0 aromatic heterocycles. The number of hydrogen-bond acceptors (Lipinski definition) is 3. The molecular formula is C18H15F3N2O3. The highest BCUT2D eigenvalue weighted by Crippen LogP contribution is 2.29. The van der Waals surface area contributed by atoms with Crippen LogP contribution in [0.3, 0.4) is 0 Å². The largest absolute Gasteiger partial charge is 0.416 e. The van der Waals surface area contributed by atoms with Gasteiger partial charge in [0.2, 0.25) is 5.91 Å². The second-order valence-corrected chi connectivity index (χ2v) is 5.44. The van der Waals surface area contributed by atoms with E-state index in [9.17, 15) is 27.6 Å². The molecule has 0 aliphatic heterocycles. The lowest BCUT2D eigenvalue weighted by Gasteiger charge is -2.09. The fourth-order valence-corrected chi connectivity index (χ4v) is 2.07. The lowest BCUT2D eigenvalue weighted by atomic mass is 10.1. The van der Waals surface area contributed by atoms with Crippen molar-refractivity contribution in [2.24, 2.45) is 0 Å². The highest BCUT2D eigenvalue weighted by Gasteiger charge is 2.30. The summed E-state index contributed by atoms with van der Waals surface area (Å²) in [6.45, 7) is 1.07. The lowest BCUT2D eigenvalue weighted by molar-refractivity contribution is -0.137. The zero-order valence-corrected chi connectivity index (χ0v) is 13.7. The van der Waals surface area contributed by atoms with Crippen molar-refractivity contribution in [2.75, 3.05) is 11.9 Å². The van der Waals surface area contributed by atoms with Gasteiger partial charge in [-0.25, -0.2) is 0 Å². The minimum Gasteiger partial charge on any atom is -0.343 e. The Labute approximate surface area is 147 Å². The third-order valence-electron chi connectivity index (χ3n) is 3.46. The molecule has 8 heteroatoms. The zero-order chi connectivity index (χ0) is 19.3. The minimum absolute atomic E-state index is 0.0108. The van der Waals surface area contributed by atoms with Crippen molar-refractivity contribution in [1.82, 2.24) is 5.32 Å². The van der Waals surface area contributed by atoms with Crippen molar-refractivity contribution in [3.63, 3.8) is 0 Å². The van der Waals surface area contributed by atoms with Gasteiger partial charge in [-0.1, -0.05) is 0 Å². The molecule has 2 rings (SSSR count). The number of Topliss-reactive ketones (excluding diaryl/α,β-unsaturated/α-hetero) is 1. The molecule has 0 fully saturated rings. The second-order valence-electron chi connectivity index (χ2n) is 5.44. The molecule has 0 spiro atoms. The van der Waals surface area contributed by atoms with Crippen molar-refractivity contribution in [3.05, 3.63) is 65.2 Å². The quantitative estimate of drug-likeness (QED) is 0.800. The summed E-state index contributed by atoms with van der Waals surface area (Å²) in [6, 6.07) is 9.88. The zero-order valence-electron chi connectivity index (χ0n) is 13.7. The normalized spacial score (nSPS) is 10.9. The molecule has 136 valence electrons. The van der Waals surface area contributed by atoms with Crippen LogP contribution in [0.15, 0.2) is 48.5 Å². The van der Waals surface area contributed by atoms with Gasteiger partial charge in [0.25, 0.3) is 5.91 Å². The maximum atomic E-state index is 12.5. The Kier molecular flexibility index (Phi) is 5.76. The van der Waals surface area contributed by atoms with Crippen LogP contribution in [0.2, 0.25) is 0 Å². The number of alkyl halides is 3. The number of rotatable bonds is 5. The highest BCUT2D eigenvalue weighted by molar-refractivity contribution is 5.99.